The third kappa shape index (κ3) is 12.8. The highest BCUT2D eigenvalue weighted by Crippen LogP contribution is 2.57. The van der Waals surface area contributed by atoms with E-state index in [1.54, 1.807) is 0 Å². The Morgan fingerprint density at radius 1 is 1.25 bits per heavy atom. The van der Waals surface area contributed by atoms with Crippen molar-refractivity contribution in [3.05, 3.63) is 0 Å². The summed E-state index contributed by atoms with van der Waals surface area (Å²) < 4.78 is 15.9. The van der Waals surface area contributed by atoms with E-state index in [1.807, 2.05) is 0 Å². The molecule has 1 heterocycles. The SMILES string of the molecule is CCCCCCCCCC(=O)OCSP(O)SOCC1CCCO1. The fourth-order valence-corrected chi connectivity index (χ4v) is 5.18. The molecule has 0 aromatic carbocycles. The van der Waals surface area contributed by atoms with Crippen molar-refractivity contribution < 1.29 is 23.3 Å². The van der Waals surface area contributed by atoms with E-state index in [4.69, 9.17) is 13.7 Å². The largest absolute Gasteiger partial charge is 0.454 e. The molecule has 1 N–H and O–H groups in total. The maximum atomic E-state index is 11.6. The minimum atomic E-state index is -1.38. The second-order valence-corrected chi connectivity index (χ2v) is 11.2. The number of rotatable bonds is 15. The van der Waals surface area contributed by atoms with Gasteiger partial charge < -0.3 is 18.6 Å². The van der Waals surface area contributed by atoms with Crippen LogP contribution in [-0.4, -0.2) is 36.1 Å². The Kier molecular flexibility index (Phi) is 14.7. The van der Waals surface area contributed by atoms with E-state index < -0.39 is 6.55 Å². The number of esters is 1. The highest BCUT2D eigenvalue weighted by molar-refractivity contribution is 8.85. The van der Waals surface area contributed by atoms with E-state index in [0.29, 0.717) is 13.0 Å². The van der Waals surface area contributed by atoms with Gasteiger partial charge in [0.1, 0.15) is 5.94 Å². The standard InChI is InChI=1S/C16H31O5PS2/c1-2-3-4-5-6-7-8-11-16(17)20-14-23-22(18)24-21-13-15-10-9-12-19-15/h15,18H,2-14H2,1H3. The summed E-state index contributed by atoms with van der Waals surface area (Å²) in [6, 6.07) is 0. The van der Waals surface area contributed by atoms with Gasteiger partial charge in [-0.2, -0.15) is 0 Å². The fraction of sp³-hybridized carbons (Fsp3) is 0.938. The maximum Gasteiger partial charge on any atom is 0.306 e. The molecule has 142 valence electrons. The molecule has 1 fully saturated rings. The number of carbonyl (C=O) groups excluding carboxylic acids is 1. The van der Waals surface area contributed by atoms with Gasteiger partial charge in [-0.05, 0) is 19.3 Å². The molecule has 0 aromatic rings. The molecule has 2 atom stereocenters. The van der Waals surface area contributed by atoms with Crippen LogP contribution < -0.4 is 0 Å². The van der Waals surface area contributed by atoms with E-state index >= 15 is 0 Å². The minimum absolute atomic E-state index is 0.158. The van der Waals surface area contributed by atoms with Gasteiger partial charge in [0.15, 0.2) is 6.55 Å². The molecule has 1 rings (SSSR count). The van der Waals surface area contributed by atoms with Crippen molar-refractivity contribution in [2.24, 2.45) is 0 Å². The molecule has 0 amide bonds. The number of hydrogen-bond acceptors (Lipinski definition) is 7. The first-order chi connectivity index (χ1) is 11.7. The van der Waals surface area contributed by atoms with Crippen LogP contribution in [0.4, 0.5) is 0 Å². The molecule has 0 aliphatic carbocycles. The lowest BCUT2D eigenvalue weighted by Crippen LogP contribution is -2.11. The third-order valence-corrected chi connectivity index (χ3v) is 7.75. The molecule has 0 saturated carbocycles. The Morgan fingerprint density at radius 2 is 2.00 bits per heavy atom. The topological polar surface area (TPSA) is 65.0 Å². The quantitative estimate of drug-likeness (QED) is 0.130. The van der Waals surface area contributed by atoms with Crippen molar-refractivity contribution in [2.45, 2.75) is 77.2 Å². The molecule has 24 heavy (non-hydrogen) atoms. The lowest BCUT2D eigenvalue weighted by molar-refractivity contribution is -0.141. The average molecular weight is 399 g/mol. The normalized spacial score (nSPS) is 18.7. The van der Waals surface area contributed by atoms with Gasteiger partial charge in [-0.25, -0.2) is 0 Å². The van der Waals surface area contributed by atoms with E-state index in [2.05, 4.69) is 6.92 Å². The fourth-order valence-electron chi connectivity index (χ4n) is 2.38. The van der Waals surface area contributed by atoms with Crippen LogP contribution in [0.2, 0.25) is 0 Å². The predicted octanol–water partition coefficient (Wildman–Crippen LogP) is 5.42. The zero-order valence-corrected chi connectivity index (χ0v) is 17.1. The number of ether oxygens (including phenoxy) is 2. The molecule has 1 saturated heterocycles. The first kappa shape index (κ1) is 22.5. The van der Waals surface area contributed by atoms with Crippen LogP contribution >= 0.6 is 29.6 Å². The van der Waals surface area contributed by atoms with Crippen molar-refractivity contribution in [1.29, 1.82) is 0 Å². The summed E-state index contributed by atoms with van der Waals surface area (Å²) in [6.45, 7) is 2.14. The summed E-state index contributed by atoms with van der Waals surface area (Å²) in [4.78, 5) is 21.4. The van der Waals surface area contributed by atoms with Crippen LogP contribution in [-0.2, 0) is 18.5 Å². The van der Waals surface area contributed by atoms with Crippen molar-refractivity contribution in [2.75, 3.05) is 19.2 Å². The molecule has 2 unspecified atom stereocenters. The van der Waals surface area contributed by atoms with Crippen molar-refractivity contribution >= 4 is 35.6 Å². The maximum absolute atomic E-state index is 11.6. The Balaban J connectivity index is 1.85. The molecule has 1 aliphatic heterocycles. The Bertz CT molecular complexity index is 317. The van der Waals surface area contributed by atoms with E-state index in [1.165, 1.54) is 43.5 Å². The van der Waals surface area contributed by atoms with Crippen LogP contribution in [0.5, 0.6) is 0 Å². The van der Waals surface area contributed by atoms with Gasteiger partial charge in [0, 0.05) is 13.0 Å². The van der Waals surface area contributed by atoms with Gasteiger partial charge in [0.2, 0.25) is 0 Å². The third-order valence-electron chi connectivity index (χ3n) is 3.76. The van der Waals surface area contributed by atoms with Crippen molar-refractivity contribution in [3.63, 3.8) is 0 Å². The summed E-state index contributed by atoms with van der Waals surface area (Å²) in [6.07, 6.45) is 11.0. The summed E-state index contributed by atoms with van der Waals surface area (Å²) >= 11 is 2.27. The molecular formula is C16H31O5PS2. The number of unbranched alkanes of at least 4 members (excludes halogenated alkanes) is 6. The lowest BCUT2D eigenvalue weighted by atomic mass is 10.1. The van der Waals surface area contributed by atoms with Crippen LogP contribution in [0.25, 0.3) is 0 Å². The lowest BCUT2D eigenvalue weighted by Gasteiger charge is -2.11. The van der Waals surface area contributed by atoms with Crippen LogP contribution in [0.3, 0.4) is 0 Å². The molecule has 5 nitrogen and oxygen atoms in total. The number of hydrogen-bond donors (Lipinski definition) is 1. The van der Waals surface area contributed by atoms with Crippen molar-refractivity contribution in [3.8, 4) is 0 Å². The van der Waals surface area contributed by atoms with E-state index in [9.17, 15) is 9.69 Å². The van der Waals surface area contributed by atoms with Gasteiger partial charge in [0.25, 0.3) is 0 Å². The number of carbonyl (C=O) groups is 1. The zero-order valence-electron chi connectivity index (χ0n) is 14.6. The highest BCUT2D eigenvalue weighted by atomic mass is 33.1. The molecule has 8 heteroatoms. The second kappa shape index (κ2) is 15.7. The molecule has 0 spiro atoms. The second-order valence-electron chi connectivity index (χ2n) is 5.87. The summed E-state index contributed by atoms with van der Waals surface area (Å²) in [5, 5.41) is 0. The smallest absolute Gasteiger partial charge is 0.306 e. The van der Waals surface area contributed by atoms with Gasteiger partial charge in [0.05, 0.1) is 24.4 Å². The molecule has 0 aromatic heterocycles. The minimum Gasteiger partial charge on any atom is -0.454 e. The average Bonchev–Trinajstić information content (AvgIpc) is 3.07. The van der Waals surface area contributed by atoms with Gasteiger partial charge in [-0.3, -0.25) is 4.79 Å². The molecule has 0 radical (unpaired) electrons. The molecule has 1 aliphatic rings. The van der Waals surface area contributed by atoms with E-state index in [-0.39, 0.29) is 18.0 Å². The Hall–Kier alpha value is 0.480. The monoisotopic (exact) mass is 398 g/mol. The predicted molar refractivity (Wildman–Crippen MR) is 103 cm³/mol. The first-order valence-electron chi connectivity index (χ1n) is 8.91. The van der Waals surface area contributed by atoms with E-state index in [0.717, 1.165) is 44.0 Å². The Labute approximate surface area is 155 Å². The summed E-state index contributed by atoms with van der Waals surface area (Å²) in [5.41, 5.74) is 0. The van der Waals surface area contributed by atoms with Crippen LogP contribution in [0.1, 0.15) is 71.1 Å². The van der Waals surface area contributed by atoms with Gasteiger partial charge in [-0.1, -0.05) is 56.8 Å². The highest BCUT2D eigenvalue weighted by Gasteiger charge is 2.17. The summed E-state index contributed by atoms with van der Waals surface area (Å²) in [7, 11) is 0. The van der Waals surface area contributed by atoms with Crippen molar-refractivity contribution in [1.82, 2.24) is 0 Å². The van der Waals surface area contributed by atoms with Crippen LogP contribution in [0.15, 0.2) is 0 Å². The first-order valence-corrected chi connectivity index (χ1v) is 13.1. The summed E-state index contributed by atoms with van der Waals surface area (Å²) in [5.74, 6) is 0.0121. The van der Waals surface area contributed by atoms with Gasteiger partial charge in [-0.15, -0.1) is 0 Å². The van der Waals surface area contributed by atoms with Crippen LogP contribution in [0, 0.1) is 0 Å². The zero-order chi connectivity index (χ0) is 17.5. The molecule has 0 bridgehead atoms. The Morgan fingerprint density at radius 3 is 2.71 bits per heavy atom. The van der Waals surface area contributed by atoms with Gasteiger partial charge >= 0.3 is 5.97 Å². The molecular weight excluding hydrogens is 367 g/mol.